The highest BCUT2D eigenvalue weighted by atomic mass is 16.2. The third kappa shape index (κ3) is 2.19. The number of hydrogen-bond acceptors (Lipinski definition) is 2. The molecule has 2 amide bonds. The van der Waals surface area contributed by atoms with Crippen LogP contribution in [-0.2, 0) is 9.59 Å². The molecule has 4 rings (SSSR count). The highest BCUT2D eigenvalue weighted by molar-refractivity contribution is 6.32. The lowest BCUT2D eigenvalue weighted by molar-refractivity contribution is -0.117. The van der Waals surface area contributed by atoms with Gasteiger partial charge in [0.15, 0.2) is 0 Å². The number of para-hydroxylation sites is 2. The van der Waals surface area contributed by atoms with Crippen LogP contribution in [0.25, 0.3) is 17.0 Å². The average Bonchev–Trinajstić information content (AvgIpc) is 3.12. The van der Waals surface area contributed by atoms with Crippen LogP contribution in [0.3, 0.4) is 0 Å². The summed E-state index contributed by atoms with van der Waals surface area (Å²) in [6, 6.07) is 16.8. The number of nitrogens with one attached hydrogen (secondary N) is 2. The van der Waals surface area contributed by atoms with Gasteiger partial charge in [0, 0.05) is 22.7 Å². The molecule has 1 aliphatic heterocycles. The first-order valence-corrected chi connectivity index (χ1v) is 7.22. The van der Waals surface area contributed by atoms with Gasteiger partial charge in [-0.1, -0.05) is 36.4 Å². The Morgan fingerprint density at radius 3 is 2.48 bits per heavy atom. The standard InChI is InChI=1S/C18H13N3O2/c22-17-15(10-12-11-19-16-9-5-4-8-14(12)16)18(23)21(20-17)13-6-2-1-3-7-13/h1-11,19H,(H,20,22)/b15-10+. The van der Waals surface area contributed by atoms with Crippen molar-refractivity contribution in [1.29, 1.82) is 0 Å². The summed E-state index contributed by atoms with van der Waals surface area (Å²) >= 11 is 0. The van der Waals surface area contributed by atoms with Crippen molar-refractivity contribution in [2.45, 2.75) is 0 Å². The fraction of sp³-hybridized carbons (Fsp3) is 0. The molecule has 3 aromatic rings. The zero-order chi connectivity index (χ0) is 15.8. The van der Waals surface area contributed by atoms with Crippen molar-refractivity contribution in [1.82, 2.24) is 10.4 Å². The first kappa shape index (κ1) is 13.3. The minimum Gasteiger partial charge on any atom is -0.361 e. The number of carbonyl (C=O) groups excluding carboxylic acids is 2. The molecule has 2 aromatic carbocycles. The maximum atomic E-state index is 12.5. The van der Waals surface area contributed by atoms with Crippen molar-refractivity contribution in [3.63, 3.8) is 0 Å². The molecule has 23 heavy (non-hydrogen) atoms. The number of H-pyrrole nitrogens is 1. The number of carbonyl (C=O) groups is 2. The highest BCUT2D eigenvalue weighted by Crippen LogP contribution is 2.24. The maximum absolute atomic E-state index is 12.5. The summed E-state index contributed by atoms with van der Waals surface area (Å²) in [5, 5.41) is 2.24. The van der Waals surface area contributed by atoms with E-state index in [4.69, 9.17) is 0 Å². The van der Waals surface area contributed by atoms with Crippen LogP contribution in [0.5, 0.6) is 0 Å². The molecular formula is C18H13N3O2. The normalized spacial score (nSPS) is 16.3. The molecule has 0 spiro atoms. The molecule has 1 aliphatic rings. The Balaban J connectivity index is 1.74. The number of aromatic amines is 1. The molecule has 0 unspecified atom stereocenters. The predicted octanol–water partition coefficient (Wildman–Crippen LogP) is 2.63. The van der Waals surface area contributed by atoms with Crippen molar-refractivity contribution in [3.8, 4) is 0 Å². The van der Waals surface area contributed by atoms with Crippen molar-refractivity contribution in [3.05, 3.63) is 71.9 Å². The quantitative estimate of drug-likeness (QED) is 0.564. The summed E-state index contributed by atoms with van der Waals surface area (Å²) in [5.74, 6) is -0.754. The smallest absolute Gasteiger partial charge is 0.282 e. The van der Waals surface area contributed by atoms with E-state index >= 15 is 0 Å². The van der Waals surface area contributed by atoms with Gasteiger partial charge in [0.05, 0.1) is 5.69 Å². The number of anilines is 1. The Morgan fingerprint density at radius 2 is 1.65 bits per heavy atom. The molecule has 0 radical (unpaired) electrons. The minimum atomic E-state index is -0.399. The summed E-state index contributed by atoms with van der Waals surface area (Å²) < 4.78 is 0. The summed E-state index contributed by atoms with van der Waals surface area (Å²) in [6.45, 7) is 0. The maximum Gasteiger partial charge on any atom is 0.282 e. The zero-order valence-corrected chi connectivity index (χ0v) is 12.1. The van der Waals surface area contributed by atoms with Crippen LogP contribution < -0.4 is 10.4 Å². The predicted molar refractivity (Wildman–Crippen MR) is 88.3 cm³/mol. The van der Waals surface area contributed by atoms with E-state index in [9.17, 15) is 9.59 Å². The SMILES string of the molecule is O=C1NN(c2ccccc2)C(=O)/C1=C/c1c[nH]c2ccccc12. The van der Waals surface area contributed by atoms with E-state index in [1.807, 2.05) is 42.5 Å². The summed E-state index contributed by atoms with van der Waals surface area (Å²) in [5.41, 5.74) is 5.13. The van der Waals surface area contributed by atoms with Gasteiger partial charge in [-0.25, -0.2) is 5.01 Å². The molecule has 1 fully saturated rings. The first-order chi connectivity index (χ1) is 11.2. The van der Waals surface area contributed by atoms with E-state index in [-0.39, 0.29) is 11.5 Å². The van der Waals surface area contributed by atoms with E-state index in [1.54, 1.807) is 24.4 Å². The summed E-state index contributed by atoms with van der Waals surface area (Å²) in [4.78, 5) is 27.9. The van der Waals surface area contributed by atoms with Crippen molar-refractivity contribution in [2.75, 3.05) is 5.01 Å². The van der Waals surface area contributed by atoms with Gasteiger partial charge in [0.2, 0.25) is 0 Å². The van der Waals surface area contributed by atoms with Gasteiger partial charge in [-0.05, 0) is 24.3 Å². The number of aromatic nitrogens is 1. The highest BCUT2D eigenvalue weighted by Gasteiger charge is 2.34. The second kappa shape index (κ2) is 5.14. The zero-order valence-electron chi connectivity index (χ0n) is 12.1. The molecule has 0 saturated carbocycles. The van der Waals surface area contributed by atoms with Crippen LogP contribution in [0.1, 0.15) is 5.56 Å². The minimum absolute atomic E-state index is 0.124. The summed E-state index contributed by atoms with van der Waals surface area (Å²) in [6.07, 6.45) is 3.42. The number of nitrogens with zero attached hydrogens (tertiary/aromatic N) is 1. The van der Waals surface area contributed by atoms with Crippen LogP contribution >= 0.6 is 0 Å². The second-order valence-electron chi connectivity index (χ2n) is 5.26. The van der Waals surface area contributed by atoms with Gasteiger partial charge < -0.3 is 4.98 Å². The average molecular weight is 303 g/mol. The van der Waals surface area contributed by atoms with Crippen LogP contribution in [0, 0.1) is 0 Å². The van der Waals surface area contributed by atoms with Gasteiger partial charge in [0.1, 0.15) is 5.57 Å². The number of hydrogen-bond donors (Lipinski definition) is 2. The second-order valence-corrected chi connectivity index (χ2v) is 5.26. The molecule has 112 valence electrons. The lowest BCUT2D eigenvalue weighted by Gasteiger charge is -2.13. The van der Waals surface area contributed by atoms with E-state index in [2.05, 4.69) is 10.4 Å². The van der Waals surface area contributed by atoms with Gasteiger partial charge in [-0.15, -0.1) is 0 Å². The molecule has 5 heteroatoms. The molecule has 0 atom stereocenters. The molecule has 0 aliphatic carbocycles. The number of rotatable bonds is 2. The number of amides is 2. The van der Waals surface area contributed by atoms with Crippen LogP contribution in [0.2, 0.25) is 0 Å². The monoisotopic (exact) mass is 303 g/mol. The third-order valence-electron chi connectivity index (χ3n) is 3.83. The van der Waals surface area contributed by atoms with E-state index in [1.165, 1.54) is 5.01 Å². The van der Waals surface area contributed by atoms with Crippen molar-refractivity contribution >= 4 is 34.5 Å². The fourth-order valence-electron chi connectivity index (χ4n) is 2.69. The van der Waals surface area contributed by atoms with Crippen LogP contribution in [0.15, 0.2) is 66.4 Å². The van der Waals surface area contributed by atoms with Gasteiger partial charge >= 0.3 is 0 Å². The third-order valence-corrected chi connectivity index (χ3v) is 3.83. The molecule has 1 aromatic heterocycles. The van der Waals surface area contributed by atoms with E-state index in [0.29, 0.717) is 5.69 Å². The number of hydrazine groups is 1. The van der Waals surface area contributed by atoms with Gasteiger partial charge in [-0.2, -0.15) is 0 Å². The molecule has 2 N–H and O–H groups in total. The lowest BCUT2D eigenvalue weighted by atomic mass is 10.1. The first-order valence-electron chi connectivity index (χ1n) is 7.22. The topological polar surface area (TPSA) is 65.2 Å². The van der Waals surface area contributed by atoms with Gasteiger partial charge in [-0.3, -0.25) is 15.0 Å². The molecule has 5 nitrogen and oxygen atoms in total. The molecule has 2 heterocycles. The van der Waals surface area contributed by atoms with Crippen LogP contribution in [-0.4, -0.2) is 16.8 Å². The Bertz CT molecular complexity index is 941. The lowest BCUT2D eigenvalue weighted by Crippen LogP contribution is -2.35. The fourth-order valence-corrected chi connectivity index (χ4v) is 2.69. The Morgan fingerprint density at radius 1 is 0.913 bits per heavy atom. The van der Waals surface area contributed by atoms with E-state index < -0.39 is 5.91 Å². The largest absolute Gasteiger partial charge is 0.361 e. The Hall–Kier alpha value is -3.34. The van der Waals surface area contributed by atoms with Crippen LogP contribution in [0.4, 0.5) is 5.69 Å². The molecule has 1 saturated heterocycles. The Labute approximate surface area is 132 Å². The number of benzene rings is 2. The Kier molecular flexibility index (Phi) is 2.98. The van der Waals surface area contributed by atoms with Gasteiger partial charge in [0.25, 0.3) is 11.8 Å². The summed E-state index contributed by atoms with van der Waals surface area (Å²) in [7, 11) is 0. The van der Waals surface area contributed by atoms with E-state index in [0.717, 1.165) is 16.5 Å². The number of fused-ring (bicyclic) bond motifs is 1. The molecular weight excluding hydrogens is 290 g/mol. The molecule has 0 bridgehead atoms. The van der Waals surface area contributed by atoms with Crippen molar-refractivity contribution in [2.24, 2.45) is 0 Å². The van der Waals surface area contributed by atoms with Crippen molar-refractivity contribution < 1.29 is 9.59 Å².